The fraction of sp³-hybridized carbons (Fsp3) is 0.320. The van der Waals surface area contributed by atoms with E-state index < -0.39 is 5.60 Å². The Hall–Kier alpha value is -2.63. The highest BCUT2D eigenvalue weighted by Gasteiger charge is 2.54. The van der Waals surface area contributed by atoms with Gasteiger partial charge in [0.2, 0.25) is 0 Å². The Labute approximate surface area is 186 Å². The van der Waals surface area contributed by atoms with Crippen LogP contribution >= 0.6 is 11.6 Å². The first-order valence-electron chi connectivity index (χ1n) is 10.6. The predicted octanol–water partition coefficient (Wildman–Crippen LogP) is 5.35. The summed E-state index contributed by atoms with van der Waals surface area (Å²) in [6, 6.07) is 11.9. The zero-order chi connectivity index (χ0) is 21.8. The van der Waals surface area contributed by atoms with Crippen LogP contribution in [0.25, 0.3) is 11.8 Å². The minimum atomic E-state index is -0.820. The summed E-state index contributed by atoms with van der Waals surface area (Å²) in [5.41, 5.74) is 10.5. The molecule has 0 aliphatic heterocycles. The van der Waals surface area contributed by atoms with Crippen LogP contribution < -0.4 is 5.73 Å². The maximum atomic E-state index is 13.3. The molecule has 0 radical (unpaired) electrons. The molecule has 6 heteroatoms. The summed E-state index contributed by atoms with van der Waals surface area (Å²) in [6.45, 7) is 2.16. The predicted molar refractivity (Wildman–Crippen MR) is 122 cm³/mol. The van der Waals surface area contributed by atoms with E-state index in [1.165, 1.54) is 17.7 Å². The Balaban J connectivity index is 1.43. The number of nitrogen functional groups attached to an aromatic ring is 1. The third-order valence-electron chi connectivity index (χ3n) is 7.24. The average Bonchev–Trinajstić information content (AvgIpc) is 3.24. The molecule has 0 unspecified atom stereocenters. The lowest BCUT2D eigenvalue weighted by Gasteiger charge is -2.42. The van der Waals surface area contributed by atoms with Crippen LogP contribution in [0.1, 0.15) is 43.0 Å². The van der Waals surface area contributed by atoms with Crippen LogP contribution in [0.2, 0.25) is 5.02 Å². The summed E-state index contributed by atoms with van der Waals surface area (Å²) in [7, 11) is 0. The van der Waals surface area contributed by atoms with Crippen LogP contribution in [0.15, 0.2) is 54.2 Å². The third kappa shape index (κ3) is 3.27. The lowest BCUT2D eigenvalue weighted by atomic mass is 9.65. The lowest BCUT2D eigenvalue weighted by molar-refractivity contribution is -0.0461. The molecule has 5 rings (SSSR count). The van der Waals surface area contributed by atoms with E-state index in [2.05, 4.69) is 18.1 Å². The van der Waals surface area contributed by atoms with Crippen molar-refractivity contribution in [2.75, 3.05) is 5.73 Å². The molecule has 2 aliphatic carbocycles. The SMILES string of the molecule is C[C@]12Cc3cnn(-c4ccc(F)cc4)c3C=C1CC[C@@]2(O)CCc1ccc(N)cc1Cl. The topological polar surface area (TPSA) is 64.1 Å². The summed E-state index contributed by atoms with van der Waals surface area (Å²) in [4.78, 5) is 0. The molecule has 160 valence electrons. The maximum absolute atomic E-state index is 13.3. The van der Waals surface area contributed by atoms with E-state index in [4.69, 9.17) is 17.3 Å². The first-order chi connectivity index (χ1) is 14.8. The fourth-order valence-electron chi connectivity index (χ4n) is 5.23. The normalized spacial score (nSPS) is 24.6. The first kappa shape index (κ1) is 20.3. The molecule has 1 fully saturated rings. The van der Waals surface area contributed by atoms with E-state index in [-0.39, 0.29) is 11.2 Å². The number of rotatable bonds is 4. The number of anilines is 1. The van der Waals surface area contributed by atoms with Crippen molar-refractivity contribution >= 4 is 23.4 Å². The van der Waals surface area contributed by atoms with Gasteiger partial charge in [-0.3, -0.25) is 0 Å². The highest BCUT2D eigenvalue weighted by molar-refractivity contribution is 6.31. The van der Waals surface area contributed by atoms with Gasteiger partial charge in [-0.05, 0) is 85.7 Å². The standard InChI is InChI=1S/C25H25ClFN3O/c1-24-14-17-15-29-30(21-6-3-19(27)4-7-21)23(17)12-18(24)9-11-25(24,31)10-8-16-2-5-20(28)13-22(16)26/h2-7,12-13,15,31H,8-11,14,28H2,1H3/t24-,25-/m0/s1. The molecule has 0 amide bonds. The van der Waals surface area contributed by atoms with Crippen LogP contribution in [-0.2, 0) is 12.8 Å². The smallest absolute Gasteiger partial charge is 0.123 e. The van der Waals surface area contributed by atoms with Crippen molar-refractivity contribution in [3.63, 3.8) is 0 Å². The molecule has 1 heterocycles. The minimum Gasteiger partial charge on any atom is -0.399 e. The molecule has 4 nitrogen and oxygen atoms in total. The Morgan fingerprint density at radius 1 is 1.23 bits per heavy atom. The van der Waals surface area contributed by atoms with E-state index in [1.807, 2.05) is 23.0 Å². The molecule has 2 aromatic carbocycles. The van der Waals surface area contributed by atoms with E-state index in [0.717, 1.165) is 41.8 Å². The molecule has 0 spiro atoms. The van der Waals surface area contributed by atoms with E-state index in [9.17, 15) is 9.50 Å². The number of benzene rings is 2. The summed E-state index contributed by atoms with van der Waals surface area (Å²) < 4.78 is 15.2. The van der Waals surface area contributed by atoms with Gasteiger partial charge in [0, 0.05) is 16.1 Å². The molecule has 0 saturated heterocycles. The summed E-state index contributed by atoms with van der Waals surface area (Å²) in [5.74, 6) is -0.266. The van der Waals surface area contributed by atoms with Crippen molar-refractivity contribution in [3.05, 3.63) is 81.9 Å². The van der Waals surface area contributed by atoms with Crippen LogP contribution in [0.3, 0.4) is 0 Å². The van der Waals surface area contributed by atoms with Crippen LogP contribution in [0, 0.1) is 11.2 Å². The Kier molecular flexibility index (Phi) is 4.72. The first-order valence-corrected chi connectivity index (χ1v) is 11.0. The molecular weight excluding hydrogens is 413 g/mol. The second-order valence-corrected chi connectivity index (χ2v) is 9.41. The Bertz CT molecular complexity index is 1190. The van der Waals surface area contributed by atoms with Crippen molar-refractivity contribution in [2.24, 2.45) is 5.41 Å². The molecule has 1 aromatic heterocycles. The highest BCUT2D eigenvalue weighted by atomic mass is 35.5. The number of hydrogen-bond acceptors (Lipinski definition) is 3. The van der Waals surface area contributed by atoms with Crippen LogP contribution in [-0.4, -0.2) is 20.5 Å². The maximum Gasteiger partial charge on any atom is 0.123 e. The zero-order valence-electron chi connectivity index (χ0n) is 17.4. The average molecular weight is 438 g/mol. The monoisotopic (exact) mass is 437 g/mol. The number of halogens is 2. The molecule has 2 atom stereocenters. The number of aromatic nitrogens is 2. The van der Waals surface area contributed by atoms with E-state index in [1.54, 1.807) is 18.2 Å². The fourth-order valence-corrected chi connectivity index (χ4v) is 5.51. The molecule has 3 aromatic rings. The second-order valence-electron chi connectivity index (χ2n) is 9.00. The quantitative estimate of drug-likeness (QED) is 0.541. The van der Waals surface area contributed by atoms with Crippen molar-refractivity contribution in [3.8, 4) is 5.69 Å². The number of fused-ring (bicyclic) bond motifs is 2. The second kappa shape index (κ2) is 7.21. The Morgan fingerprint density at radius 2 is 2.00 bits per heavy atom. The van der Waals surface area contributed by atoms with Crippen molar-refractivity contribution in [1.82, 2.24) is 9.78 Å². The summed E-state index contributed by atoms with van der Waals surface area (Å²) >= 11 is 6.36. The zero-order valence-corrected chi connectivity index (χ0v) is 18.2. The summed E-state index contributed by atoms with van der Waals surface area (Å²) in [5, 5.41) is 17.0. The minimum absolute atomic E-state index is 0.266. The van der Waals surface area contributed by atoms with Gasteiger partial charge in [-0.2, -0.15) is 5.10 Å². The third-order valence-corrected chi connectivity index (χ3v) is 7.59. The van der Waals surface area contributed by atoms with Crippen LogP contribution in [0.5, 0.6) is 0 Å². The van der Waals surface area contributed by atoms with Gasteiger partial charge in [0.25, 0.3) is 0 Å². The highest BCUT2D eigenvalue weighted by Crippen LogP contribution is 2.56. The van der Waals surface area contributed by atoms with Gasteiger partial charge in [0.1, 0.15) is 5.82 Å². The Morgan fingerprint density at radius 3 is 2.74 bits per heavy atom. The van der Waals surface area contributed by atoms with Gasteiger partial charge in [-0.15, -0.1) is 0 Å². The lowest BCUT2D eigenvalue weighted by Crippen LogP contribution is -2.45. The molecule has 31 heavy (non-hydrogen) atoms. The molecule has 1 saturated carbocycles. The van der Waals surface area contributed by atoms with Gasteiger partial charge in [-0.25, -0.2) is 9.07 Å². The molecular formula is C25H25ClFN3O. The van der Waals surface area contributed by atoms with Gasteiger partial charge >= 0.3 is 0 Å². The van der Waals surface area contributed by atoms with E-state index >= 15 is 0 Å². The van der Waals surface area contributed by atoms with Crippen molar-refractivity contribution in [1.29, 1.82) is 0 Å². The van der Waals surface area contributed by atoms with Crippen molar-refractivity contribution in [2.45, 2.75) is 44.6 Å². The summed E-state index contributed by atoms with van der Waals surface area (Å²) in [6.07, 6.45) is 7.65. The number of aryl methyl sites for hydroxylation is 1. The van der Waals surface area contributed by atoms with Gasteiger partial charge in [0.15, 0.2) is 0 Å². The number of nitrogens with zero attached hydrogens (tertiary/aromatic N) is 2. The number of hydrogen-bond donors (Lipinski definition) is 2. The van der Waals surface area contributed by atoms with E-state index in [0.29, 0.717) is 23.6 Å². The number of aliphatic hydroxyl groups is 1. The molecule has 2 aliphatic rings. The van der Waals surface area contributed by atoms with Gasteiger partial charge in [-0.1, -0.05) is 30.2 Å². The molecule has 0 bridgehead atoms. The van der Waals surface area contributed by atoms with Gasteiger partial charge in [0.05, 0.1) is 23.2 Å². The van der Waals surface area contributed by atoms with Crippen LogP contribution in [0.4, 0.5) is 10.1 Å². The number of nitrogens with two attached hydrogens (primary N) is 1. The van der Waals surface area contributed by atoms with Gasteiger partial charge < -0.3 is 10.8 Å². The largest absolute Gasteiger partial charge is 0.399 e. The van der Waals surface area contributed by atoms with Crippen molar-refractivity contribution < 1.29 is 9.50 Å². The molecule has 3 N–H and O–H groups in total.